The van der Waals surface area contributed by atoms with Crippen LogP contribution in [0.1, 0.15) is 5.01 Å². The third kappa shape index (κ3) is 4.51. The molecule has 0 bridgehead atoms. The molecule has 2 N–H and O–H groups in total. The van der Waals surface area contributed by atoms with Crippen LogP contribution in [-0.4, -0.2) is 35.2 Å². The minimum absolute atomic E-state index is 0.136. The Bertz CT molecular complexity index is 356. The molecule has 1 aromatic heterocycles. The summed E-state index contributed by atoms with van der Waals surface area (Å²) in [4.78, 5) is 5.89. The van der Waals surface area contributed by atoms with Gasteiger partial charge in [-0.3, -0.25) is 10.7 Å². The molecule has 86 valence electrons. The van der Waals surface area contributed by atoms with E-state index in [-0.39, 0.29) is 5.96 Å². The van der Waals surface area contributed by atoms with E-state index in [4.69, 9.17) is 10.7 Å². The molecule has 0 spiro atoms. The molecule has 1 aromatic rings. The first-order chi connectivity index (χ1) is 7.74. The Kier molecular flexibility index (Phi) is 5.67. The SMILES string of the molecule is CN(CCSCc1nccs1)C(=N)NC#N. The summed E-state index contributed by atoms with van der Waals surface area (Å²) in [6, 6.07) is 0. The predicted octanol–water partition coefficient (Wildman–Crippen LogP) is 1.31. The van der Waals surface area contributed by atoms with Gasteiger partial charge < -0.3 is 4.90 Å². The molecule has 0 saturated heterocycles. The molecule has 5 nitrogen and oxygen atoms in total. The van der Waals surface area contributed by atoms with Crippen LogP contribution < -0.4 is 5.32 Å². The van der Waals surface area contributed by atoms with E-state index in [1.807, 2.05) is 5.38 Å². The maximum atomic E-state index is 8.34. The Labute approximate surface area is 103 Å². The van der Waals surface area contributed by atoms with Gasteiger partial charge in [-0.1, -0.05) is 0 Å². The normalized spacial score (nSPS) is 9.50. The fourth-order valence-electron chi connectivity index (χ4n) is 0.945. The average Bonchev–Trinajstić information content (AvgIpc) is 2.77. The number of nitrogens with one attached hydrogen (secondary N) is 2. The fraction of sp³-hybridized carbons (Fsp3) is 0.444. The van der Waals surface area contributed by atoms with Gasteiger partial charge in [0.25, 0.3) is 0 Å². The monoisotopic (exact) mass is 255 g/mol. The number of hydrogen-bond acceptors (Lipinski definition) is 5. The molecule has 0 unspecified atom stereocenters. The minimum atomic E-state index is 0.136. The van der Waals surface area contributed by atoms with E-state index in [0.717, 1.165) is 23.1 Å². The van der Waals surface area contributed by atoms with Crippen molar-refractivity contribution in [1.29, 1.82) is 10.7 Å². The average molecular weight is 255 g/mol. The number of hydrogen-bond donors (Lipinski definition) is 2. The highest BCUT2D eigenvalue weighted by molar-refractivity contribution is 7.98. The smallest absolute Gasteiger partial charge is 0.204 e. The predicted molar refractivity (Wildman–Crippen MR) is 67.4 cm³/mol. The van der Waals surface area contributed by atoms with Crippen LogP contribution >= 0.6 is 23.1 Å². The van der Waals surface area contributed by atoms with Gasteiger partial charge in [0, 0.05) is 36.7 Å². The maximum absolute atomic E-state index is 8.34. The zero-order valence-corrected chi connectivity index (χ0v) is 10.6. The second kappa shape index (κ2) is 7.09. The third-order valence-electron chi connectivity index (χ3n) is 1.84. The van der Waals surface area contributed by atoms with Gasteiger partial charge in [-0.05, 0) is 0 Å². The summed E-state index contributed by atoms with van der Waals surface area (Å²) < 4.78 is 0. The number of guanidine groups is 1. The Balaban J connectivity index is 2.11. The molecule has 16 heavy (non-hydrogen) atoms. The van der Waals surface area contributed by atoms with Crippen LogP contribution in [0.4, 0.5) is 0 Å². The summed E-state index contributed by atoms with van der Waals surface area (Å²) in [5.74, 6) is 1.95. The molecule has 1 heterocycles. The molecule has 0 radical (unpaired) electrons. The lowest BCUT2D eigenvalue weighted by Gasteiger charge is -2.17. The first-order valence-corrected chi connectivity index (χ1v) is 6.68. The van der Waals surface area contributed by atoms with Crippen molar-refractivity contribution in [2.45, 2.75) is 5.75 Å². The fourth-order valence-corrected chi connectivity index (χ4v) is 2.66. The van der Waals surface area contributed by atoms with Gasteiger partial charge in [-0.25, -0.2) is 4.98 Å². The van der Waals surface area contributed by atoms with E-state index in [1.54, 1.807) is 47.4 Å². The molecule has 0 fully saturated rings. The molecule has 0 atom stereocenters. The Hall–Kier alpha value is -1.26. The topological polar surface area (TPSA) is 75.8 Å². The van der Waals surface area contributed by atoms with Crippen LogP contribution in [0.2, 0.25) is 0 Å². The first kappa shape index (κ1) is 12.8. The van der Waals surface area contributed by atoms with Crippen molar-refractivity contribution >= 4 is 29.1 Å². The third-order valence-corrected chi connectivity index (χ3v) is 3.75. The maximum Gasteiger partial charge on any atom is 0.204 e. The van der Waals surface area contributed by atoms with E-state index in [2.05, 4.69) is 10.3 Å². The molecular formula is C9H13N5S2. The highest BCUT2D eigenvalue weighted by Gasteiger charge is 2.03. The summed E-state index contributed by atoms with van der Waals surface area (Å²) in [7, 11) is 1.79. The quantitative estimate of drug-likeness (QED) is 0.273. The van der Waals surface area contributed by atoms with Crippen LogP contribution in [0.5, 0.6) is 0 Å². The Morgan fingerprint density at radius 3 is 3.25 bits per heavy atom. The molecule has 0 aromatic carbocycles. The van der Waals surface area contributed by atoms with Crippen molar-refractivity contribution in [3.63, 3.8) is 0 Å². The van der Waals surface area contributed by atoms with Gasteiger partial charge in [-0.15, -0.1) is 11.3 Å². The van der Waals surface area contributed by atoms with Crippen LogP contribution in [0.15, 0.2) is 11.6 Å². The second-order valence-corrected chi connectivity index (χ2v) is 5.07. The molecule has 0 aliphatic heterocycles. The molecule has 0 aliphatic carbocycles. The number of rotatable bonds is 5. The van der Waals surface area contributed by atoms with Gasteiger partial charge in [0.05, 0.1) is 0 Å². The van der Waals surface area contributed by atoms with Crippen molar-refractivity contribution < 1.29 is 0 Å². The number of nitriles is 1. The first-order valence-electron chi connectivity index (χ1n) is 4.65. The molecule has 7 heteroatoms. The van der Waals surface area contributed by atoms with Crippen molar-refractivity contribution in [2.24, 2.45) is 0 Å². The summed E-state index contributed by atoms with van der Waals surface area (Å²) in [5, 5.41) is 21.2. The summed E-state index contributed by atoms with van der Waals surface area (Å²) in [6.45, 7) is 0.740. The number of thioether (sulfide) groups is 1. The zero-order chi connectivity index (χ0) is 11.8. The van der Waals surface area contributed by atoms with E-state index in [1.165, 1.54) is 0 Å². The van der Waals surface area contributed by atoms with Crippen molar-refractivity contribution in [3.05, 3.63) is 16.6 Å². The van der Waals surface area contributed by atoms with Gasteiger partial charge in [-0.2, -0.15) is 17.0 Å². The Morgan fingerprint density at radius 2 is 2.62 bits per heavy atom. The molecule has 0 amide bonds. The molecule has 0 aliphatic rings. The highest BCUT2D eigenvalue weighted by atomic mass is 32.2. The lowest BCUT2D eigenvalue weighted by molar-refractivity contribution is 0.521. The molecular weight excluding hydrogens is 242 g/mol. The molecule has 0 saturated carbocycles. The zero-order valence-electron chi connectivity index (χ0n) is 8.93. The van der Waals surface area contributed by atoms with E-state index >= 15 is 0 Å². The van der Waals surface area contributed by atoms with Gasteiger partial charge in [0.15, 0.2) is 6.19 Å². The van der Waals surface area contributed by atoms with Crippen LogP contribution in [0.25, 0.3) is 0 Å². The largest absolute Gasteiger partial charge is 0.345 e. The standard InChI is InChI=1S/C9H13N5S2/c1-14(9(11)13-7-10)3-5-15-6-8-12-2-4-16-8/h2,4H,3,5-6H2,1H3,(H2,11,13). The van der Waals surface area contributed by atoms with Crippen LogP contribution in [0, 0.1) is 16.9 Å². The van der Waals surface area contributed by atoms with E-state index < -0.39 is 0 Å². The molecule has 1 rings (SSSR count). The highest BCUT2D eigenvalue weighted by Crippen LogP contribution is 2.13. The Morgan fingerprint density at radius 1 is 1.81 bits per heavy atom. The van der Waals surface area contributed by atoms with Gasteiger partial charge >= 0.3 is 0 Å². The number of nitrogens with zero attached hydrogens (tertiary/aromatic N) is 3. The van der Waals surface area contributed by atoms with Crippen LogP contribution in [0.3, 0.4) is 0 Å². The van der Waals surface area contributed by atoms with E-state index in [0.29, 0.717) is 0 Å². The van der Waals surface area contributed by atoms with Crippen molar-refractivity contribution in [2.75, 3.05) is 19.3 Å². The summed E-state index contributed by atoms with van der Waals surface area (Å²) >= 11 is 3.43. The second-order valence-electron chi connectivity index (χ2n) is 2.99. The lowest BCUT2D eigenvalue weighted by Crippen LogP contribution is -2.36. The minimum Gasteiger partial charge on any atom is -0.345 e. The van der Waals surface area contributed by atoms with Crippen molar-refractivity contribution in [3.8, 4) is 6.19 Å². The van der Waals surface area contributed by atoms with Gasteiger partial charge in [0.2, 0.25) is 5.96 Å². The van der Waals surface area contributed by atoms with Crippen molar-refractivity contribution in [1.82, 2.24) is 15.2 Å². The van der Waals surface area contributed by atoms with Crippen LogP contribution in [-0.2, 0) is 5.75 Å². The summed E-state index contributed by atoms with van der Waals surface area (Å²) in [6.07, 6.45) is 3.53. The summed E-state index contributed by atoms with van der Waals surface area (Å²) in [5.41, 5.74) is 0. The van der Waals surface area contributed by atoms with Gasteiger partial charge in [0.1, 0.15) is 5.01 Å². The van der Waals surface area contributed by atoms with E-state index in [9.17, 15) is 0 Å². The number of thiazole rings is 1. The number of aromatic nitrogens is 1. The lowest BCUT2D eigenvalue weighted by atomic mass is 10.6.